The van der Waals surface area contributed by atoms with Crippen molar-refractivity contribution < 1.29 is 18.3 Å². The van der Waals surface area contributed by atoms with E-state index in [0.717, 1.165) is 0 Å². The number of nitrogens with two attached hydrogens (primary N) is 1. The summed E-state index contributed by atoms with van der Waals surface area (Å²) in [4.78, 5) is 13.3. The van der Waals surface area contributed by atoms with Crippen molar-refractivity contribution in [2.45, 2.75) is 66.2 Å². The Bertz CT molecular complexity index is 842. The maximum atomic E-state index is 12.8. The van der Waals surface area contributed by atoms with Crippen molar-refractivity contribution in [1.29, 1.82) is 0 Å². The number of fused-ring (bicyclic) bond motifs is 1. The Morgan fingerprint density at radius 1 is 1.07 bits per heavy atom. The lowest BCUT2D eigenvalue weighted by Gasteiger charge is -2.22. The van der Waals surface area contributed by atoms with Crippen LogP contribution in [0.4, 0.5) is 5.82 Å². The Morgan fingerprint density at radius 2 is 1.68 bits per heavy atom. The monoisotopic (exact) mass is 477 g/mol. The van der Waals surface area contributed by atoms with Crippen LogP contribution < -0.4 is 5.73 Å². The summed E-state index contributed by atoms with van der Waals surface area (Å²) in [5.74, 6) is 1.13. The van der Waals surface area contributed by atoms with Crippen molar-refractivity contribution >= 4 is 40.5 Å². The van der Waals surface area contributed by atoms with Gasteiger partial charge in [-0.25, -0.2) is 15.0 Å². The fourth-order valence-corrected chi connectivity index (χ4v) is 4.86. The molecular weight excluding hydrogens is 449 g/mol. The van der Waals surface area contributed by atoms with Crippen LogP contribution >= 0.6 is 23.5 Å². The van der Waals surface area contributed by atoms with Crippen molar-refractivity contribution in [3.8, 4) is 0 Å². The molecule has 0 aliphatic heterocycles. The minimum absolute atomic E-state index is 0.123. The van der Waals surface area contributed by atoms with Gasteiger partial charge in [0.25, 0.3) is 0 Å². The van der Waals surface area contributed by atoms with Crippen LogP contribution in [-0.2, 0) is 24.9 Å². The molecule has 11 heteroatoms. The maximum absolute atomic E-state index is 12.8. The van der Waals surface area contributed by atoms with E-state index in [-0.39, 0.29) is 31.1 Å². The standard InChI is InChI=1S/C17H29BrN5O4P/c1-10(2)15-21-14(19)13-16(22-15)23(17(18)20-13)7-8-25-9-28(24,26-11(3)4)27-12(5)6/h10-12H,7-9H2,1-6H3,(H2,19,21,22). The second-order valence-corrected chi connectivity index (χ2v) is 9.89. The van der Waals surface area contributed by atoms with Gasteiger partial charge in [0.1, 0.15) is 12.2 Å². The Labute approximate surface area is 174 Å². The SMILES string of the molecule is CC(C)OP(=O)(COCCn1c(Br)nc2c(N)nc(C(C)C)nc21)OC(C)C. The number of imidazole rings is 1. The predicted molar refractivity (Wildman–Crippen MR) is 112 cm³/mol. The molecule has 0 aliphatic carbocycles. The molecule has 2 aromatic heterocycles. The molecule has 2 N–H and O–H groups in total. The van der Waals surface area contributed by atoms with E-state index in [0.29, 0.717) is 34.1 Å². The van der Waals surface area contributed by atoms with E-state index in [1.54, 1.807) is 0 Å². The molecule has 2 aromatic rings. The molecule has 0 saturated carbocycles. The van der Waals surface area contributed by atoms with Crippen LogP contribution in [-0.4, -0.2) is 44.7 Å². The number of ether oxygens (including phenoxy) is 1. The smallest absolute Gasteiger partial charge is 0.356 e. The molecule has 0 atom stereocenters. The number of halogens is 1. The number of anilines is 1. The molecule has 158 valence electrons. The Balaban J connectivity index is 2.11. The first kappa shape index (κ1) is 23.2. The molecule has 0 saturated heterocycles. The van der Waals surface area contributed by atoms with Gasteiger partial charge >= 0.3 is 7.60 Å². The first-order valence-electron chi connectivity index (χ1n) is 9.25. The summed E-state index contributed by atoms with van der Waals surface area (Å²) in [5.41, 5.74) is 7.20. The molecule has 2 heterocycles. The van der Waals surface area contributed by atoms with Gasteiger partial charge in [-0.05, 0) is 43.6 Å². The third-order valence-corrected chi connectivity index (χ3v) is 6.15. The molecule has 0 radical (unpaired) electrons. The van der Waals surface area contributed by atoms with E-state index in [2.05, 4.69) is 30.9 Å². The van der Waals surface area contributed by atoms with Gasteiger partial charge in [-0.15, -0.1) is 0 Å². The first-order valence-corrected chi connectivity index (χ1v) is 11.8. The number of hydrogen-bond donors (Lipinski definition) is 1. The Hall–Kier alpha value is -1.06. The molecule has 0 amide bonds. The number of hydrogen-bond acceptors (Lipinski definition) is 8. The van der Waals surface area contributed by atoms with Gasteiger partial charge in [0.05, 0.1) is 25.4 Å². The summed E-state index contributed by atoms with van der Waals surface area (Å²) in [5, 5.41) is 0. The van der Waals surface area contributed by atoms with Crippen LogP contribution in [0.2, 0.25) is 0 Å². The highest BCUT2D eigenvalue weighted by Gasteiger charge is 2.28. The minimum atomic E-state index is -3.33. The van der Waals surface area contributed by atoms with E-state index in [1.165, 1.54) is 0 Å². The molecule has 0 aliphatic rings. The Kier molecular flexibility index (Phi) is 7.98. The molecule has 0 unspecified atom stereocenters. The minimum Gasteiger partial charge on any atom is -0.382 e. The normalized spacial score (nSPS) is 12.8. The number of nitrogens with zero attached hydrogens (tertiary/aromatic N) is 4. The molecule has 9 nitrogen and oxygen atoms in total. The molecule has 0 fully saturated rings. The zero-order chi connectivity index (χ0) is 21.1. The average molecular weight is 478 g/mol. The van der Waals surface area contributed by atoms with Gasteiger partial charge in [0, 0.05) is 5.92 Å². The van der Waals surface area contributed by atoms with Crippen LogP contribution in [0, 0.1) is 0 Å². The maximum Gasteiger partial charge on any atom is 0.356 e. The highest BCUT2D eigenvalue weighted by atomic mass is 79.9. The second kappa shape index (κ2) is 9.63. The molecule has 0 bridgehead atoms. The first-order chi connectivity index (χ1) is 13.0. The summed E-state index contributed by atoms with van der Waals surface area (Å²) in [6.07, 6.45) is -0.579. The van der Waals surface area contributed by atoms with Gasteiger partial charge in [-0.2, -0.15) is 0 Å². The third-order valence-electron chi connectivity index (χ3n) is 3.56. The molecule has 0 aromatic carbocycles. The molecule has 28 heavy (non-hydrogen) atoms. The predicted octanol–water partition coefficient (Wildman–Crippen LogP) is 4.31. The van der Waals surface area contributed by atoms with E-state index in [1.807, 2.05) is 46.1 Å². The average Bonchev–Trinajstić information content (AvgIpc) is 2.86. The van der Waals surface area contributed by atoms with Crippen LogP contribution in [0.5, 0.6) is 0 Å². The number of aromatic nitrogens is 4. The lowest BCUT2D eigenvalue weighted by molar-refractivity contribution is 0.0959. The van der Waals surface area contributed by atoms with Gasteiger partial charge in [-0.3, -0.25) is 4.57 Å². The fourth-order valence-electron chi connectivity index (χ4n) is 2.53. The zero-order valence-electron chi connectivity index (χ0n) is 17.2. The highest BCUT2D eigenvalue weighted by molar-refractivity contribution is 9.10. The summed E-state index contributed by atoms with van der Waals surface area (Å²) < 4.78 is 31.8. The largest absolute Gasteiger partial charge is 0.382 e. The topological polar surface area (TPSA) is 114 Å². The Morgan fingerprint density at radius 3 is 2.21 bits per heavy atom. The number of rotatable bonds is 10. The van der Waals surface area contributed by atoms with Crippen LogP contribution in [0.25, 0.3) is 11.2 Å². The lowest BCUT2D eigenvalue weighted by Crippen LogP contribution is -2.14. The van der Waals surface area contributed by atoms with E-state index in [9.17, 15) is 4.57 Å². The molecule has 2 rings (SSSR count). The van der Waals surface area contributed by atoms with Crippen molar-refractivity contribution in [2.24, 2.45) is 0 Å². The van der Waals surface area contributed by atoms with Crippen molar-refractivity contribution in [3.63, 3.8) is 0 Å². The van der Waals surface area contributed by atoms with Gasteiger partial charge < -0.3 is 24.1 Å². The van der Waals surface area contributed by atoms with Gasteiger partial charge in [0.15, 0.2) is 21.7 Å². The highest BCUT2D eigenvalue weighted by Crippen LogP contribution is 2.50. The summed E-state index contributed by atoms with van der Waals surface area (Å²) >= 11 is 3.43. The molecule has 0 spiro atoms. The third kappa shape index (κ3) is 5.97. The van der Waals surface area contributed by atoms with Crippen LogP contribution in [0.15, 0.2) is 4.73 Å². The number of nitrogen functional groups attached to an aromatic ring is 1. The van der Waals surface area contributed by atoms with E-state index < -0.39 is 7.60 Å². The van der Waals surface area contributed by atoms with Crippen LogP contribution in [0.3, 0.4) is 0 Å². The molecular formula is C17H29BrN5O4P. The van der Waals surface area contributed by atoms with Crippen LogP contribution in [0.1, 0.15) is 53.3 Å². The van der Waals surface area contributed by atoms with Crippen molar-refractivity contribution in [3.05, 3.63) is 10.6 Å². The fraction of sp³-hybridized carbons (Fsp3) is 0.706. The van der Waals surface area contributed by atoms with E-state index in [4.69, 9.17) is 19.5 Å². The second-order valence-electron chi connectivity index (χ2n) is 7.28. The van der Waals surface area contributed by atoms with Crippen molar-refractivity contribution in [2.75, 3.05) is 18.7 Å². The summed E-state index contributed by atoms with van der Waals surface area (Å²) in [7, 11) is -3.33. The van der Waals surface area contributed by atoms with Gasteiger partial charge in [-0.1, -0.05) is 13.8 Å². The summed E-state index contributed by atoms with van der Waals surface area (Å²) in [6.45, 7) is 11.9. The van der Waals surface area contributed by atoms with Gasteiger partial charge in [0.2, 0.25) is 0 Å². The van der Waals surface area contributed by atoms with Crippen molar-refractivity contribution in [1.82, 2.24) is 19.5 Å². The quantitative estimate of drug-likeness (QED) is 0.305. The lowest BCUT2D eigenvalue weighted by atomic mass is 10.2. The van der Waals surface area contributed by atoms with E-state index >= 15 is 0 Å². The summed E-state index contributed by atoms with van der Waals surface area (Å²) in [6, 6.07) is 0. The zero-order valence-corrected chi connectivity index (χ0v) is 19.7.